The van der Waals surface area contributed by atoms with Crippen LogP contribution in [0.25, 0.3) is 10.6 Å². The molecule has 0 aromatic carbocycles. The van der Waals surface area contributed by atoms with Gasteiger partial charge in [0.1, 0.15) is 0 Å². The second-order valence-corrected chi connectivity index (χ2v) is 8.07. The Balaban J connectivity index is 4.72. The van der Waals surface area contributed by atoms with E-state index >= 15 is 0 Å². The number of carbonyl (C=O) groups excluding carboxylic acids is 1. The molecule has 19 heavy (non-hydrogen) atoms. The first kappa shape index (κ1) is 18.4. The minimum atomic E-state index is -0.418. The lowest BCUT2D eigenvalue weighted by atomic mass is 10.0. The van der Waals surface area contributed by atoms with Gasteiger partial charge >= 0.3 is 0 Å². The van der Waals surface area contributed by atoms with Crippen molar-refractivity contribution in [3.8, 4) is 0 Å². The molecular weight excluding hydrogens is 238 g/mol. The molecule has 0 aromatic rings. The van der Waals surface area contributed by atoms with E-state index in [1.807, 2.05) is 62.3 Å². The number of amides is 1. The monoisotopic (exact) mass is 269 g/mol. The summed E-state index contributed by atoms with van der Waals surface area (Å²) in [6, 6.07) is -0.418. The molecule has 0 spiro atoms. The van der Waals surface area contributed by atoms with Crippen molar-refractivity contribution in [3.05, 3.63) is 10.6 Å². The standard InChI is InChI=1S/C15H31N3O/c1-13(2,3)16-10-11(17-14(4,5)6)12(19)18-15(7,8)9/h11H,10H2,1-9H3,(H,18,19)/q-2/t11-/m0/s1. The highest BCUT2D eigenvalue weighted by molar-refractivity contribution is 5.85. The topological polar surface area (TPSA) is 57.3 Å². The third-order valence-corrected chi connectivity index (χ3v) is 2.08. The van der Waals surface area contributed by atoms with Crippen LogP contribution in [0.2, 0.25) is 0 Å². The zero-order valence-electron chi connectivity index (χ0n) is 14.1. The van der Waals surface area contributed by atoms with E-state index in [1.165, 1.54) is 0 Å². The van der Waals surface area contributed by atoms with Crippen molar-refractivity contribution in [1.82, 2.24) is 5.32 Å². The average molecular weight is 269 g/mol. The first-order valence-electron chi connectivity index (χ1n) is 6.92. The summed E-state index contributed by atoms with van der Waals surface area (Å²) < 4.78 is 0. The number of hydrogen-bond acceptors (Lipinski definition) is 1. The fourth-order valence-corrected chi connectivity index (χ4v) is 1.46. The first-order chi connectivity index (χ1) is 8.20. The summed E-state index contributed by atoms with van der Waals surface area (Å²) >= 11 is 0. The van der Waals surface area contributed by atoms with E-state index in [2.05, 4.69) is 16.0 Å². The van der Waals surface area contributed by atoms with Gasteiger partial charge in [0.25, 0.3) is 0 Å². The minimum Gasteiger partial charge on any atom is -0.658 e. The molecule has 0 fully saturated rings. The molecule has 0 rings (SSSR count). The highest BCUT2D eigenvalue weighted by Gasteiger charge is 2.17. The van der Waals surface area contributed by atoms with Crippen molar-refractivity contribution in [2.45, 2.75) is 85.0 Å². The highest BCUT2D eigenvalue weighted by atomic mass is 16.2. The van der Waals surface area contributed by atoms with Crippen molar-refractivity contribution >= 4 is 5.91 Å². The largest absolute Gasteiger partial charge is 0.658 e. The SMILES string of the molecule is CC(C)(C)[N-]C[C@H]([N-]C(C)(C)C)C(=O)NC(C)(C)C. The van der Waals surface area contributed by atoms with Crippen LogP contribution in [0.4, 0.5) is 0 Å². The molecule has 0 aliphatic carbocycles. The lowest BCUT2D eigenvalue weighted by molar-refractivity contribution is -0.122. The third kappa shape index (κ3) is 11.0. The molecule has 0 unspecified atom stereocenters. The summed E-state index contributed by atoms with van der Waals surface area (Å²) in [4.78, 5) is 12.3. The number of hydrogen-bond donors (Lipinski definition) is 1. The molecule has 0 saturated heterocycles. The summed E-state index contributed by atoms with van der Waals surface area (Å²) in [7, 11) is 0. The molecular formula is C15H31N3O-2. The quantitative estimate of drug-likeness (QED) is 0.832. The van der Waals surface area contributed by atoms with Crippen LogP contribution in [0.3, 0.4) is 0 Å². The molecule has 0 heterocycles. The second kappa shape index (κ2) is 6.23. The van der Waals surface area contributed by atoms with Crippen LogP contribution in [0.1, 0.15) is 62.3 Å². The summed E-state index contributed by atoms with van der Waals surface area (Å²) in [5.41, 5.74) is -0.633. The molecule has 1 atom stereocenters. The van der Waals surface area contributed by atoms with Crippen LogP contribution in [0, 0.1) is 0 Å². The van der Waals surface area contributed by atoms with E-state index in [4.69, 9.17) is 0 Å². The maximum absolute atomic E-state index is 12.3. The maximum Gasteiger partial charge on any atom is 0.201 e. The summed E-state index contributed by atoms with van der Waals surface area (Å²) in [6.45, 7) is 18.4. The molecule has 0 aliphatic heterocycles. The van der Waals surface area contributed by atoms with Gasteiger partial charge in [0.2, 0.25) is 5.91 Å². The van der Waals surface area contributed by atoms with Gasteiger partial charge in [-0.3, -0.25) is 4.79 Å². The Labute approximate surface area is 119 Å². The van der Waals surface area contributed by atoms with Gasteiger partial charge in [-0.1, -0.05) is 47.6 Å². The van der Waals surface area contributed by atoms with Gasteiger partial charge in [-0.25, -0.2) is 0 Å². The molecule has 0 radical (unpaired) electrons. The molecule has 4 nitrogen and oxygen atoms in total. The lowest BCUT2D eigenvalue weighted by Gasteiger charge is -2.49. The predicted molar refractivity (Wildman–Crippen MR) is 82.8 cm³/mol. The smallest absolute Gasteiger partial charge is 0.201 e. The molecule has 1 amide bonds. The van der Waals surface area contributed by atoms with Gasteiger partial charge < -0.3 is 16.0 Å². The molecule has 0 saturated carbocycles. The van der Waals surface area contributed by atoms with Gasteiger partial charge in [0.05, 0.1) is 0 Å². The Morgan fingerprint density at radius 1 is 0.947 bits per heavy atom. The fraction of sp³-hybridized carbons (Fsp3) is 0.933. The van der Waals surface area contributed by atoms with Crippen molar-refractivity contribution in [2.24, 2.45) is 0 Å². The van der Waals surface area contributed by atoms with Gasteiger partial charge in [-0.15, -0.1) is 11.1 Å². The van der Waals surface area contributed by atoms with E-state index in [1.54, 1.807) is 0 Å². The molecule has 0 aliphatic rings. The van der Waals surface area contributed by atoms with Crippen LogP contribution < -0.4 is 5.32 Å². The summed E-state index contributed by atoms with van der Waals surface area (Å²) in [6.07, 6.45) is 0. The first-order valence-corrected chi connectivity index (χ1v) is 6.92. The fourth-order valence-electron chi connectivity index (χ4n) is 1.46. The van der Waals surface area contributed by atoms with Crippen molar-refractivity contribution in [2.75, 3.05) is 6.54 Å². The highest BCUT2D eigenvalue weighted by Crippen LogP contribution is 2.23. The Bertz CT molecular complexity index is 292. The van der Waals surface area contributed by atoms with E-state index < -0.39 is 6.04 Å². The van der Waals surface area contributed by atoms with Crippen LogP contribution >= 0.6 is 0 Å². The van der Waals surface area contributed by atoms with Crippen LogP contribution in [0.5, 0.6) is 0 Å². The molecule has 1 N–H and O–H groups in total. The van der Waals surface area contributed by atoms with Crippen molar-refractivity contribution in [1.29, 1.82) is 0 Å². The average Bonchev–Trinajstić information content (AvgIpc) is 2.05. The summed E-state index contributed by atoms with van der Waals surface area (Å²) in [5, 5.41) is 12.1. The Morgan fingerprint density at radius 3 is 1.74 bits per heavy atom. The van der Waals surface area contributed by atoms with Gasteiger partial charge in [0.15, 0.2) is 0 Å². The number of nitrogens with one attached hydrogen (secondary N) is 1. The van der Waals surface area contributed by atoms with E-state index in [-0.39, 0.29) is 22.5 Å². The van der Waals surface area contributed by atoms with E-state index in [9.17, 15) is 4.79 Å². The Morgan fingerprint density at radius 2 is 1.42 bits per heavy atom. The van der Waals surface area contributed by atoms with Gasteiger partial charge in [0, 0.05) is 5.54 Å². The molecule has 114 valence electrons. The molecule has 4 heteroatoms. The summed E-state index contributed by atoms with van der Waals surface area (Å²) in [5.74, 6) is -0.0459. The lowest BCUT2D eigenvalue weighted by Crippen LogP contribution is -2.48. The van der Waals surface area contributed by atoms with Gasteiger partial charge in [-0.05, 0) is 20.8 Å². The van der Waals surface area contributed by atoms with Gasteiger partial charge in [-0.2, -0.15) is 6.54 Å². The van der Waals surface area contributed by atoms with E-state index in [0.717, 1.165) is 0 Å². The molecule has 0 aromatic heterocycles. The second-order valence-electron chi connectivity index (χ2n) is 8.07. The normalized spacial score (nSPS) is 15.2. The number of nitrogens with zero attached hydrogens (tertiary/aromatic N) is 2. The Kier molecular flexibility index (Phi) is 6.03. The Hall–Kier alpha value is -0.610. The van der Waals surface area contributed by atoms with E-state index in [0.29, 0.717) is 6.54 Å². The predicted octanol–water partition coefficient (Wildman–Crippen LogP) is 3.61. The van der Waals surface area contributed by atoms with Crippen LogP contribution in [-0.2, 0) is 4.79 Å². The third-order valence-electron chi connectivity index (χ3n) is 2.08. The zero-order valence-corrected chi connectivity index (χ0v) is 14.1. The zero-order chi connectivity index (χ0) is 15.5. The van der Waals surface area contributed by atoms with Crippen LogP contribution in [-0.4, -0.2) is 35.1 Å². The number of rotatable bonds is 4. The van der Waals surface area contributed by atoms with Crippen molar-refractivity contribution < 1.29 is 4.79 Å². The van der Waals surface area contributed by atoms with Crippen LogP contribution in [0.15, 0.2) is 0 Å². The molecule has 0 bridgehead atoms. The number of carbonyl (C=O) groups is 1. The maximum atomic E-state index is 12.3. The van der Waals surface area contributed by atoms with Crippen molar-refractivity contribution in [3.63, 3.8) is 0 Å². The minimum absolute atomic E-state index is 0.0459.